The van der Waals surface area contributed by atoms with Crippen LogP contribution < -0.4 is 5.32 Å². The molecule has 0 unspecified atom stereocenters. The maximum Gasteiger partial charge on any atom is 0.120 e. The van der Waals surface area contributed by atoms with Gasteiger partial charge < -0.3 is 14.8 Å². The molecule has 3 rings (SSSR count). The van der Waals surface area contributed by atoms with Crippen molar-refractivity contribution in [3.63, 3.8) is 0 Å². The molecular formula is C16H15NO2. The molecule has 3 heteroatoms. The summed E-state index contributed by atoms with van der Waals surface area (Å²) in [6.07, 6.45) is 1.66. The molecule has 1 aromatic heterocycles. The van der Waals surface area contributed by atoms with E-state index in [0.717, 1.165) is 22.1 Å². The van der Waals surface area contributed by atoms with Crippen LogP contribution in [0.25, 0.3) is 10.8 Å². The van der Waals surface area contributed by atoms with Gasteiger partial charge in [-0.3, -0.25) is 0 Å². The van der Waals surface area contributed by atoms with Crippen LogP contribution in [-0.2, 0) is 13.1 Å². The van der Waals surface area contributed by atoms with E-state index >= 15 is 0 Å². The Balaban J connectivity index is 1.81. The first kappa shape index (κ1) is 11.8. The second-order valence-corrected chi connectivity index (χ2v) is 4.47. The lowest BCUT2D eigenvalue weighted by Gasteiger charge is -2.09. The van der Waals surface area contributed by atoms with E-state index in [1.165, 1.54) is 0 Å². The molecule has 0 atom stereocenters. The fourth-order valence-electron chi connectivity index (χ4n) is 2.23. The molecule has 96 valence electrons. The Morgan fingerprint density at radius 2 is 1.84 bits per heavy atom. The van der Waals surface area contributed by atoms with E-state index in [1.807, 2.05) is 42.5 Å². The topological polar surface area (TPSA) is 45.4 Å². The van der Waals surface area contributed by atoms with Gasteiger partial charge in [-0.05, 0) is 29.0 Å². The van der Waals surface area contributed by atoms with Gasteiger partial charge in [-0.1, -0.05) is 30.3 Å². The standard InChI is InChI=1S/C16H15NO2/c18-16-8-7-12-4-1-2-6-14(12)15(16)11-17-10-13-5-3-9-19-13/h1-9,17-18H,10-11H2. The van der Waals surface area contributed by atoms with Crippen LogP contribution in [0.5, 0.6) is 5.75 Å². The van der Waals surface area contributed by atoms with Crippen LogP contribution >= 0.6 is 0 Å². The Morgan fingerprint density at radius 1 is 0.947 bits per heavy atom. The molecule has 3 nitrogen and oxygen atoms in total. The molecule has 0 aliphatic heterocycles. The van der Waals surface area contributed by atoms with E-state index in [4.69, 9.17) is 4.42 Å². The highest BCUT2D eigenvalue weighted by Crippen LogP contribution is 2.26. The molecule has 2 N–H and O–H groups in total. The largest absolute Gasteiger partial charge is 0.508 e. The van der Waals surface area contributed by atoms with Gasteiger partial charge in [0.2, 0.25) is 0 Å². The number of benzene rings is 2. The van der Waals surface area contributed by atoms with Crippen LogP contribution in [0.4, 0.5) is 0 Å². The van der Waals surface area contributed by atoms with E-state index in [-0.39, 0.29) is 0 Å². The highest BCUT2D eigenvalue weighted by atomic mass is 16.3. The average Bonchev–Trinajstić information content (AvgIpc) is 2.94. The predicted octanol–water partition coefficient (Wildman–Crippen LogP) is 3.43. The molecule has 0 fully saturated rings. The number of hydrogen-bond donors (Lipinski definition) is 2. The van der Waals surface area contributed by atoms with E-state index in [1.54, 1.807) is 12.3 Å². The molecule has 0 aliphatic carbocycles. The number of furan rings is 1. The summed E-state index contributed by atoms with van der Waals surface area (Å²) in [4.78, 5) is 0. The first-order valence-corrected chi connectivity index (χ1v) is 6.27. The fraction of sp³-hybridized carbons (Fsp3) is 0.125. The maximum absolute atomic E-state index is 10.0. The summed E-state index contributed by atoms with van der Waals surface area (Å²) >= 11 is 0. The summed E-state index contributed by atoms with van der Waals surface area (Å²) in [5.41, 5.74) is 0.921. The number of phenolic OH excluding ortho intramolecular Hbond substituents is 1. The van der Waals surface area contributed by atoms with Crippen LogP contribution in [-0.4, -0.2) is 5.11 Å². The van der Waals surface area contributed by atoms with Gasteiger partial charge in [0.25, 0.3) is 0 Å². The Morgan fingerprint density at radius 3 is 2.68 bits per heavy atom. The molecule has 3 aromatic rings. The van der Waals surface area contributed by atoms with Crippen LogP contribution in [0.3, 0.4) is 0 Å². The maximum atomic E-state index is 10.0. The van der Waals surface area contributed by atoms with Crippen molar-refractivity contribution in [3.8, 4) is 5.75 Å². The van der Waals surface area contributed by atoms with Crippen molar-refractivity contribution in [2.45, 2.75) is 13.1 Å². The van der Waals surface area contributed by atoms with Gasteiger partial charge in [0.15, 0.2) is 0 Å². The zero-order valence-electron chi connectivity index (χ0n) is 10.5. The summed E-state index contributed by atoms with van der Waals surface area (Å²) in [6, 6.07) is 15.5. The minimum absolute atomic E-state index is 0.325. The Labute approximate surface area is 111 Å². The van der Waals surface area contributed by atoms with Crippen LogP contribution in [0.1, 0.15) is 11.3 Å². The minimum Gasteiger partial charge on any atom is -0.508 e. The monoisotopic (exact) mass is 253 g/mol. The van der Waals surface area contributed by atoms with E-state index < -0.39 is 0 Å². The van der Waals surface area contributed by atoms with Crippen LogP contribution in [0.2, 0.25) is 0 Å². The van der Waals surface area contributed by atoms with Crippen LogP contribution in [0, 0.1) is 0 Å². The molecule has 1 heterocycles. The van der Waals surface area contributed by atoms with E-state index in [0.29, 0.717) is 18.8 Å². The smallest absolute Gasteiger partial charge is 0.120 e. The quantitative estimate of drug-likeness (QED) is 0.748. The first-order chi connectivity index (χ1) is 9.34. The second-order valence-electron chi connectivity index (χ2n) is 4.47. The lowest BCUT2D eigenvalue weighted by Crippen LogP contribution is -2.12. The number of fused-ring (bicyclic) bond motifs is 1. The molecule has 0 bridgehead atoms. The molecule has 2 aromatic carbocycles. The summed E-state index contributed by atoms with van der Waals surface area (Å²) in [7, 11) is 0. The van der Waals surface area contributed by atoms with Crippen molar-refractivity contribution >= 4 is 10.8 Å². The fourth-order valence-corrected chi connectivity index (χ4v) is 2.23. The van der Waals surface area contributed by atoms with Gasteiger partial charge in [0.05, 0.1) is 12.8 Å². The third-order valence-corrected chi connectivity index (χ3v) is 3.20. The van der Waals surface area contributed by atoms with Gasteiger partial charge in [-0.2, -0.15) is 0 Å². The SMILES string of the molecule is Oc1ccc2ccccc2c1CNCc1ccco1. The predicted molar refractivity (Wildman–Crippen MR) is 74.9 cm³/mol. The lowest BCUT2D eigenvalue weighted by atomic mass is 10.0. The second kappa shape index (κ2) is 5.16. The first-order valence-electron chi connectivity index (χ1n) is 6.27. The number of hydrogen-bond acceptors (Lipinski definition) is 3. The molecule has 0 aliphatic rings. The summed E-state index contributed by atoms with van der Waals surface area (Å²) < 4.78 is 5.26. The third-order valence-electron chi connectivity index (χ3n) is 3.20. The van der Waals surface area contributed by atoms with Gasteiger partial charge >= 0.3 is 0 Å². The number of rotatable bonds is 4. The van der Waals surface area contributed by atoms with Crippen molar-refractivity contribution in [1.82, 2.24) is 5.32 Å². The van der Waals surface area contributed by atoms with Crippen molar-refractivity contribution < 1.29 is 9.52 Å². The number of nitrogens with one attached hydrogen (secondary N) is 1. The molecule has 19 heavy (non-hydrogen) atoms. The van der Waals surface area contributed by atoms with Gasteiger partial charge in [-0.15, -0.1) is 0 Å². The third kappa shape index (κ3) is 2.46. The van der Waals surface area contributed by atoms with Gasteiger partial charge in [-0.25, -0.2) is 0 Å². The summed E-state index contributed by atoms with van der Waals surface area (Å²) in [5, 5.41) is 15.5. The van der Waals surface area contributed by atoms with E-state index in [9.17, 15) is 5.11 Å². The molecule has 0 amide bonds. The minimum atomic E-state index is 0.325. The molecule has 0 spiro atoms. The molecular weight excluding hydrogens is 238 g/mol. The summed E-state index contributed by atoms with van der Waals surface area (Å²) in [6.45, 7) is 1.25. The highest BCUT2D eigenvalue weighted by molar-refractivity contribution is 5.87. The number of phenols is 1. The zero-order chi connectivity index (χ0) is 13.1. The molecule has 0 saturated heterocycles. The van der Waals surface area contributed by atoms with Crippen LogP contribution in [0.15, 0.2) is 59.2 Å². The Hall–Kier alpha value is -2.26. The van der Waals surface area contributed by atoms with Crippen molar-refractivity contribution in [2.24, 2.45) is 0 Å². The zero-order valence-corrected chi connectivity index (χ0v) is 10.5. The number of aromatic hydroxyl groups is 1. The van der Waals surface area contributed by atoms with Gasteiger partial charge in [0.1, 0.15) is 11.5 Å². The van der Waals surface area contributed by atoms with E-state index in [2.05, 4.69) is 5.32 Å². The Bertz CT molecular complexity index is 674. The molecule has 0 saturated carbocycles. The highest BCUT2D eigenvalue weighted by Gasteiger charge is 2.06. The average molecular weight is 253 g/mol. The normalized spacial score (nSPS) is 10.9. The van der Waals surface area contributed by atoms with Gasteiger partial charge in [0, 0.05) is 12.1 Å². The van der Waals surface area contributed by atoms with Crippen molar-refractivity contribution in [3.05, 3.63) is 66.1 Å². The lowest BCUT2D eigenvalue weighted by molar-refractivity contribution is 0.458. The van der Waals surface area contributed by atoms with Crippen molar-refractivity contribution in [1.29, 1.82) is 0 Å². The molecule has 0 radical (unpaired) electrons. The Kier molecular flexibility index (Phi) is 3.21. The summed E-state index contributed by atoms with van der Waals surface area (Å²) in [5.74, 6) is 1.21. The van der Waals surface area contributed by atoms with Crippen molar-refractivity contribution in [2.75, 3.05) is 0 Å².